The molecule has 2 aliphatic heterocycles. The first-order chi connectivity index (χ1) is 12.5. The fourth-order valence-electron chi connectivity index (χ4n) is 3.70. The molecule has 2 aromatic carbocycles. The van der Waals surface area contributed by atoms with Crippen molar-refractivity contribution < 1.29 is 24.1 Å². The van der Waals surface area contributed by atoms with Crippen LogP contribution in [0.5, 0.6) is 0 Å². The summed E-state index contributed by atoms with van der Waals surface area (Å²) < 4.78 is 16.5. The molecule has 1 N–H and O–H groups in total. The SMILES string of the molecule is COC(OC)(OC)C1(O)c2ccccc2N=C2C(=O)c3ccccc3N21. The van der Waals surface area contributed by atoms with Gasteiger partial charge in [0.2, 0.25) is 5.78 Å². The van der Waals surface area contributed by atoms with Crippen LogP contribution in [0.15, 0.2) is 53.5 Å². The van der Waals surface area contributed by atoms with Gasteiger partial charge in [0.05, 0.1) is 11.4 Å². The van der Waals surface area contributed by atoms with E-state index in [0.717, 1.165) is 0 Å². The van der Waals surface area contributed by atoms with Crippen LogP contribution in [-0.4, -0.2) is 44.0 Å². The number of nitrogens with zero attached hydrogens (tertiary/aromatic N) is 2. The van der Waals surface area contributed by atoms with Gasteiger partial charge in [0.25, 0.3) is 5.72 Å². The minimum atomic E-state index is -1.98. The van der Waals surface area contributed by atoms with Gasteiger partial charge in [-0.15, -0.1) is 0 Å². The van der Waals surface area contributed by atoms with Crippen LogP contribution >= 0.6 is 0 Å². The highest BCUT2D eigenvalue weighted by atomic mass is 16.9. The Morgan fingerprint density at radius 3 is 2.31 bits per heavy atom. The molecule has 7 nitrogen and oxygen atoms in total. The lowest BCUT2D eigenvalue weighted by Crippen LogP contribution is -2.67. The first kappa shape index (κ1) is 16.9. The lowest BCUT2D eigenvalue weighted by Gasteiger charge is -2.49. The lowest BCUT2D eigenvalue weighted by molar-refractivity contribution is -0.422. The molecule has 0 fully saturated rings. The van der Waals surface area contributed by atoms with Crippen molar-refractivity contribution in [2.24, 2.45) is 4.99 Å². The molecule has 1 unspecified atom stereocenters. The van der Waals surface area contributed by atoms with E-state index >= 15 is 0 Å². The zero-order valence-electron chi connectivity index (χ0n) is 14.6. The molecule has 0 saturated heterocycles. The van der Waals surface area contributed by atoms with Crippen LogP contribution in [-0.2, 0) is 19.9 Å². The second-order valence-corrected chi connectivity index (χ2v) is 5.98. The second-order valence-electron chi connectivity index (χ2n) is 5.98. The van der Waals surface area contributed by atoms with Gasteiger partial charge in [0, 0.05) is 32.5 Å². The number of aliphatic hydroxyl groups is 1. The summed E-state index contributed by atoms with van der Waals surface area (Å²) >= 11 is 0. The molecule has 2 heterocycles. The molecule has 0 aliphatic carbocycles. The van der Waals surface area contributed by atoms with Gasteiger partial charge < -0.3 is 19.3 Å². The number of rotatable bonds is 4. The number of Topliss-reactive ketones (excluding diaryl/α,β-unsaturated/α-hetero) is 1. The number of hydrogen-bond donors (Lipinski definition) is 1. The number of carbonyl (C=O) groups is 1. The number of hydrogen-bond acceptors (Lipinski definition) is 7. The smallest absolute Gasteiger partial charge is 0.338 e. The Balaban J connectivity index is 2.09. The molecule has 4 rings (SSSR count). The third kappa shape index (κ3) is 1.85. The van der Waals surface area contributed by atoms with Gasteiger partial charge in [-0.25, -0.2) is 4.99 Å². The molecule has 0 spiro atoms. The number of amidine groups is 1. The number of ketones is 1. The van der Waals surface area contributed by atoms with Crippen LogP contribution in [0.4, 0.5) is 11.4 Å². The van der Waals surface area contributed by atoms with Crippen LogP contribution in [0, 0.1) is 0 Å². The zero-order chi connectivity index (χ0) is 18.5. The molecule has 1 atom stereocenters. The summed E-state index contributed by atoms with van der Waals surface area (Å²) in [5.74, 6) is -2.10. The summed E-state index contributed by atoms with van der Waals surface area (Å²) in [6.45, 7) is 0. The average molecular weight is 354 g/mol. The number of ether oxygens (including phenoxy) is 3. The van der Waals surface area contributed by atoms with E-state index in [-0.39, 0.29) is 11.6 Å². The maximum Gasteiger partial charge on any atom is 0.338 e. The van der Waals surface area contributed by atoms with Crippen molar-refractivity contribution >= 4 is 23.0 Å². The zero-order valence-corrected chi connectivity index (χ0v) is 14.6. The molecule has 0 bridgehead atoms. The standard InChI is InChI=1S/C19H18N2O5/c1-24-19(25-2,26-3)18(23)13-9-5-6-10-14(13)20-17-16(22)12-8-4-7-11-15(12)21(17)18/h4-11,23H,1-3H3. The Hall–Kier alpha value is -2.58. The van der Waals surface area contributed by atoms with Gasteiger partial charge in [-0.05, 0) is 18.2 Å². The van der Waals surface area contributed by atoms with Gasteiger partial charge in [-0.2, -0.15) is 0 Å². The van der Waals surface area contributed by atoms with Crippen LogP contribution in [0.2, 0.25) is 0 Å². The minimum absolute atomic E-state index is 0.0860. The van der Waals surface area contributed by atoms with Crippen LogP contribution in [0.25, 0.3) is 0 Å². The van der Waals surface area contributed by atoms with Crippen molar-refractivity contribution in [1.29, 1.82) is 0 Å². The summed E-state index contributed by atoms with van der Waals surface area (Å²) in [7, 11) is 4.09. The highest BCUT2D eigenvalue weighted by Crippen LogP contribution is 2.51. The Morgan fingerprint density at radius 2 is 1.62 bits per heavy atom. The van der Waals surface area contributed by atoms with E-state index in [2.05, 4.69) is 4.99 Å². The molecule has 2 aliphatic rings. The highest BCUT2D eigenvalue weighted by molar-refractivity contribution is 6.55. The van der Waals surface area contributed by atoms with Gasteiger partial charge in [0.15, 0.2) is 5.84 Å². The predicted octanol–water partition coefficient (Wildman–Crippen LogP) is 2.17. The largest absolute Gasteiger partial charge is 0.360 e. The Bertz CT molecular complexity index is 913. The summed E-state index contributed by atoms with van der Waals surface area (Å²) in [4.78, 5) is 18.8. The fraction of sp³-hybridized carbons (Fsp3) is 0.263. The molecule has 0 saturated carbocycles. The molecule has 2 aromatic rings. The third-order valence-corrected chi connectivity index (χ3v) is 4.87. The quantitative estimate of drug-likeness (QED) is 0.848. The molecule has 0 aromatic heterocycles. The van der Waals surface area contributed by atoms with Crippen molar-refractivity contribution in [3.63, 3.8) is 0 Å². The second kappa shape index (κ2) is 5.72. The van der Waals surface area contributed by atoms with E-state index in [1.54, 1.807) is 48.5 Å². The van der Waals surface area contributed by atoms with E-state index in [1.165, 1.54) is 26.2 Å². The van der Waals surface area contributed by atoms with Crippen molar-refractivity contribution in [2.45, 2.75) is 11.7 Å². The first-order valence-electron chi connectivity index (χ1n) is 8.04. The van der Waals surface area contributed by atoms with E-state index in [0.29, 0.717) is 22.5 Å². The predicted molar refractivity (Wildman–Crippen MR) is 94.4 cm³/mol. The van der Waals surface area contributed by atoms with Crippen molar-refractivity contribution in [3.8, 4) is 0 Å². The first-order valence-corrected chi connectivity index (χ1v) is 8.04. The summed E-state index contributed by atoms with van der Waals surface area (Å²) in [6, 6.07) is 13.9. The lowest BCUT2D eigenvalue weighted by atomic mass is 9.94. The topological polar surface area (TPSA) is 80.6 Å². The number of anilines is 1. The summed E-state index contributed by atoms with van der Waals surface area (Å²) in [5.41, 5.74) is -0.198. The summed E-state index contributed by atoms with van der Waals surface area (Å²) in [5, 5.41) is 12.0. The summed E-state index contributed by atoms with van der Waals surface area (Å²) in [6.07, 6.45) is 0. The van der Waals surface area contributed by atoms with Crippen molar-refractivity contribution in [2.75, 3.05) is 26.2 Å². The molecule has 26 heavy (non-hydrogen) atoms. The normalized spacial score (nSPS) is 21.2. The Labute approximate surface area is 150 Å². The van der Waals surface area contributed by atoms with Crippen LogP contribution < -0.4 is 4.90 Å². The monoisotopic (exact) mass is 354 g/mol. The van der Waals surface area contributed by atoms with E-state index in [4.69, 9.17) is 14.2 Å². The van der Waals surface area contributed by atoms with Gasteiger partial charge in [-0.1, -0.05) is 30.3 Å². The van der Waals surface area contributed by atoms with Crippen molar-refractivity contribution in [1.82, 2.24) is 0 Å². The molecule has 134 valence electrons. The van der Waals surface area contributed by atoms with Gasteiger partial charge in [0.1, 0.15) is 0 Å². The number of benzene rings is 2. The maximum absolute atomic E-state index is 12.9. The van der Waals surface area contributed by atoms with E-state index in [1.807, 2.05) is 0 Å². The fourth-order valence-corrected chi connectivity index (χ4v) is 3.70. The number of para-hydroxylation sites is 2. The van der Waals surface area contributed by atoms with Crippen LogP contribution in [0.3, 0.4) is 0 Å². The number of fused-ring (bicyclic) bond motifs is 4. The average Bonchev–Trinajstić information content (AvgIpc) is 2.97. The van der Waals surface area contributed by atoms with Crippen molar-refractivity contribution in [3.05, 3.63) is 59.7 Å². The molecular formula is C19H18N2O5. The molecule has 0 radical (unpaired) electrons. The maximum atomic E-state index is 12.9. The Kier molecular flexibility index (Phi) is 3.71. The van der Waals surface area contributed by atoms with Gasteiger partial charge >= 0.3 is 5.97 Å². The van der Waals surface area contributed by atoms with E-state index in [9.17, 15) is 9.90 Å². The number of methoxy groups -OCH3 is 3. The molecule has 0 amide bonds. The third-order valence-electron chi connectivity index (χ3n) is 4.87. The Morgan fingerprint density at radius 1 is 1.00 bits per heavy atom. The van der Waals surface area contributed by atoms with E-state index < -0.39 is 11.7 Å². The molecule has 7 heteroatoms. The number of carbonyl (C=O) groups excluding carboxylic acids is 1. The minimum Gasteiger partial charge on any atom is -0.360 e. The molecular weight excluding hydrogens is 336 g/mol. The van der Waals surface area contributed by atoms with Crippen LogP contribution in [0.1, 0.15) is 15.9 Å². The number of aliphatic imine (C=N–C) groups is 1. The highest BCUT2D eigenvalue weighted by Gasteiger charge is 2.64. The van der Waals surface area contributed by atoms with Gasteiger partial charge in [-0.3, -0.25) is 9.69 Å².